The van der Waals surface area contributed by atoms with Crippen LogP contribution in [0.2, 0.25) is 5.02 Å². The van der Waals surface area contributed by atoms with Crippen molar-refractivity contribution in [1.82, 2.24) is 14.8 Å². The van der Waals surface area contributed by atoms with Crippen LogP contribution in [0.25, 0.3) is 10.2 Å². The number of hydrogen-bond donors (Lipinski definition) is 2. The first-order valence-corrected chi connectivity index (χ1v) is 9.38. The normalized spacial score (nSPS) is 11.0. The minimum atomic E-state index is -0.325. The van der Waals surface area contributed by atoms with Gasteiger partial charge in [0.25, 0.3) is 5.91 Å². The molecule has 0 bridgehead atoms. The molecule has 2 N–H and O–H groups in total. The van der Waals surface area contributed by atoms with Gasteiger partial charge in [0.15, 0.2) is 11.6 Å². The largest absolute Gasteiger partial charge is 0.504 e. The molecule has 0 spiro atoms. The van der Waals surface area contributed by atoms with Gasteiger partial charge in [0.1, 0.15) is 4.83 Å². The zero-order valence-electron chi connectivity index (χ0n) is 14.3. The molecule has 0 fully saturated rings. The van der Waals surface area contributed by atoms with Crippen LogP contribution in [0.4, 0.5) is 5.82 Å². The van der Waals surface area contributed by atoms with Crippen LogP contribution in [0.3, 0.4) is 0 Å². The fourth-order valence-corrected chi connectivity index (χ4v) is 4.03. The highest BCUT2D eigenvalue weighted by molar-refractivity contribution is 7.20. The second kappa shape index (κ2) is 7.02. The summed E-state index contributed by atoms with van der Waals surface area (Å²) in [4.78, 5) is 18.0. The van der Waals surface area contributed by atoms with Gasteiger partial charge in [0.2, 0.25) is 0 Å². The number of carbonyl (C=O) groups is 1. The summed E-state index contributed by atoms with van der Waals surface area (Å²) >= 11 is 7.60. The zero-order chi connectivity index (χ0) is 19.0. The number of benzene rings is 1. The van der Waals surface area contributed by atoms with Crippen LogP contribution < -0.4 is 5.32 Å². The Hall–Kier alpha value is -2.90. The molecule has 0 unspecified atom stereocenters. The molecule has 0 aliphatic heterocycles. The molecular weight excluding hydrogens is 384 g/mol. The highest BCUT2D eigenvalue weighted by atomic mass is 35.5. The topological polar surface area (TPSA) is 80.0 Å². The van der Waals surface area contributed by atoms with Gasteiger partial charge >= 0.3 is 0 Å². The second-order valence-electron chi connectivity index (χ2n) is 5.99. The summed E-state index contributed by atoms with van der Waals surface area (Å²) < 4.78 is 1.85. The first kappa shape index (κ1) is 17.5. The molecule has 3 heterocycles. The van der Waals surface area contributed by atoms with E-state index in [0.29, 0.717) is 16.4 Å². The van der Waals surface area contributed by atoms with Crippen molar-refractivity contribution in [2.75, 3.05) is 5.32 Å². The fraction of sp³-hybridized carbons (Fsp3) is 0.105. The van der Waals surface area contributed by atoms with Gasteiger partial charge in [-0.15, -0.1) is 11.3 Å². The van der Waals surface area contributed by atoms with Crippen molar-refractivity contribution in [3.05, 3.63) is 69.8 Å². The number of hydrogen-bond acceptors (Lipinski definition) is 5. The van der Waals surface area contributed by atoms with Crippen molar-refractivity contribution in [2.24, 2.45) is 0 Å². The van der Waals surface area contributed by atoms with Gasteiger partial charge in [-0.05, 0) is 36.8 Å². The van der Waals surface area contributed by atoms with Crippen LogP contribution in [0.5, 0.6) is 5.75 Å². The molecule has 1 amide bonds. The van der Waals surface area contributed by atoms with Crippen LogP contribution in [-0.4, -0.2) is 25.8 Å². The number of thiophene rings is 1. The SMILES string of the molecule is Cc1nn(Cc2ccccc2Cl)c2sc(C(=O)Nc3ncccc3O)cc12. The minimum absolute atomic E-state index is 0.0759. The van der Waals surface area contributed by atoms with E-state index < -0.39 is 0 Å². The molecule has 0 saturated heterocycles. The maximum atomic E-state index is 12.6. The minimum Gasteiger partial charge on any atom is -0.504 e. The molecule has 0 aliphatic carbocycles. The van der Waals surface area contributed by atoms with Crippen LogP contribution in [0.1, 0.15) is 20.9 Å². The van der Waals surface area contributed by atoms with Gasteiger partial charge in [0.05, 0.1) is 17.1 Å². The lowest BCUT2D eigenvalue weighted by Crippen LogP contribution is -2.11. The van der Waals surface area contributed by atoms with E-state index >= 15 is 0 Å². The number of nitrogens with zero attached hydrogens (tertiary/aromatic N) is 3. The Balaban J connectivity index is 1.65. The van der Waals surface area contributed by atoms with E-state index in [1.54, 1.807) is 12.1 Å². The molecule has 4 rings (SSSR count). The van der Waals surface area contributed by atoms with Crippen molar-refractivity contribution in [1.29, 1.82) is 0 Å². The van der Waals surface area contributed by atoms with Gasteiger partial charge in [-0.1, -0.05) is 29.8 Å². The highest BCUT2D eigenvalue weighted by Gasteiger charge is 2.18. The number of carbonyl (C=O) groups excluding carboxylic acids is 1. The number of rotatable bonds is 4. The van der Waals surface area contributed by atoms with Crippen molar-refractivity contribution in [3.63, 3.8) is 0 Å². The zero-order valence-corrected chi connectivity index (χ0v) is 15.9. The summed E-state index contributed by atoms with van der Waals surface area (Å²) in [7, 11) is 0. The monoisotopic (exact) mass is 398 g/mol. The number of halogens is 1. The van der Waals surface area contributed by atoms with Crippen LogP contribution in [0.15, 0.2) is 48.7 Å². The predicted octanol–water partition coefficient (Wildman–Crippen LogP) is 4.46. The van der Waals surface area contributed by atoms with Crippen molar-refractivity contribution in [2.45, 2.75) is 13.5 Å². The Labute approximate surface area is 164 Å². The highest BCUT2D eigenvalue weighted by Crippen LogP contribution is 2.30. The first-order valence-electron chi connectivity index (χ1n) is 8.18. The molecule has 3 aromatic heterocycles. The molecule has 0 aliphatic rings. The van der Waals surface area contributed by atoms with Crippen LogP contribution >= 0.6 is 22.9 Å². The molecule has 0 saturated carbocycles. The first-order chi connectivity index (χ1) is 13.0. The molecule has 27 heavy (non-hydrogen) atoms. The Bertz CT molecular complexity index is 1150. The molecule has 0 atom stereocenters. The number of fused-ring (bicyclic) bond motifs is 1. The third-order valence-corrected chi connectivity index (χ3v) is 5.64. The quantitative estimate of drug-likeness (QED) is 0.531. The van der Waals surface area contributed by atoms with Gasteiger partial charge < -0.3 is 10.4 Å². The Morgan fingerprint density at radius 1 is 1.30 bits per heavy atom. The summed E-state index contributed by atoms with van der Waals surface area (Å²) in [6.45, 7) is 2.43. The second-order valence-corrected chi connectivity index (χ2v) is 7.43. The molecule has 136 valence electrons. The van der Waals surface area contributed by atoms with Crippen molar-refractivity contribution in [3.8, 4) is 5.75 Å². The number of aryl methyl sites for hydroxylation is 1. The number of pyridine rings is 1. The van der Waals surface area contributed by atoms with Gasteiger partial charge in [-0.2, -0.15) is 5.10 Å². The standard InChI is InChI=1S/C19H15ClN4O2S/c1-11-13-9-16(18(26)22-17-15(25)7-4-8-21-17)27-19(13)24(23-11)10-12-5-2-3-6-14(12)20/h2-9,25H,10H2,1H3,(H,21,22,26). The predicted molar refractivity (Wildman–Crippen MR) is 107 cm³/mol. The van der Waals surface area contributed by atoms with Crippen molar-refractivity contribution >= 4 is 44.9 Å². The lowest BCUT2D eigenvalue weighted by atomic mass is 10.2. The number of amides is 1. The number of anilines is 1. The maximum Gasteiger partial charge on any atom is 0.267 e. The van der Waals surface area contributed by atoms with E-state index in [1.807, 2.05) is 35.9 Å². The van der Waals surface area contributed by atoms with E-state index in [0.717, 1.165) is 21.5 Å². The molecule has 8 heteroatoms. The van der Waals surface area contributed by atoms with Crippen LogP contribution in [0, 0.1) is 6.92 Å². The summed E-state index contributed by atoms with van der Waals surface area (Å²) in [5, 5.41) is 18.6. The summed E-state index contributed by atoms with van der Waals surface area (Å²) in [5.41, 5.74) is 1.80. The summed E-state index contributed by atoms with van der Waals surface area (Å²) in [6.07, 6.45) is 1.51. The fourth-order valence-electron chi connectivity index (χ4n) is 2.78. The molecular formula is C19H15ClN4O2S. The molecule has 0 radical (unpaired) electrons. The number of aromatic hydroxyl groups is 1. The third-order valence-electron chi connectivity index (χ3n) is 4.13. The maximum absolute atomic E-state index is 12.6. The Morgan fingerprint density at radius 3 is 2.89 bits per heavy atom. The Kier molecular flexibility index (Phi) is 4.55. The lowest BCUT2D eigenvalue weighted by molar-refractivity contribution is 0.102. The van der Waals surface area contributed by atoms with Crippen molar-refractivity contribution < 1.29 is 9.90 Å². The van der Waals surface area contributed by atoms with E-state index in [1.165, 1.54) is 23.6 Å². The number of aromatic nitrogens is 3. The lowest BCUT2D eigenvalue weighted by Gasteiger charge is -2.05. The number of nitrogens with one attached hydrogen (secondary N) is 1. The summed E-state index contributed by atoms with van der Waals surface area (Å²) in [5.74, 6) is -0.267. The van der Waals surface area contributed by atoms with Crippen LogP contribution in [-0.2, 0) is 6.54 Å². The molecule has 6 nitrogen and oxygen atoms in total. The van der Waals surface area contributed by atoms with E-state index in [-0.39, 0.29) is 17.5 Å². The van der Waals surface area contributed by atoms with E-state index in [9.17, 15) is 9.90 Å². The average Bonchev–Trinajstić information content (AvgIpc) is 3.21. The van der Waals surface area contributed by atoms with Gasteiger partial charge in [0, 0.05) is 16.6 Å². The third kappa shape index (κ3) is 3.39. The molecule has 4 aromatic rings. The van der Waals surface area contributed by atoms with Gasteiger partial charge in [-0.3, -0.25) is 9.48 Å². The van der Waals surface area contributed by atoms with Gasteiger partial charge in [-0.25, -0.2) is 4.98 Å². The van der Waals surface area contributed by atoms with E-state index in [2.05, 4.69) is 15.4 Å². The summed E-state index contributed by atoms with van der Waals surface area (Å²) in [6, 6.07) is 12.5. The average molecular weight is 399 g/mol. The molecule has 1 aromatic carbocycles. The Morgan fingerprint density at radius 2 is 2.11 bits per heavy atom. The van der Waals surface area contributed by atoms with E-state index in [4.69, 9.17) is 11.6 Å². The smallest absolute Gasteiger partial charge is 0.267 e.